The van der Waals surface area contributed by atoms with Gasteiger partial charge in [-0.1, -0.05) is 26.0 Å². The summed E-state index contributed by atoms with van der Waals surface area (Å²) in [6, 6.07) is 6.42. The highest BCUT2D eigenvalue weighted by atomic mass is 32.2. The lowest BCUT2D eigenvalue weighted by Gasteiger charge is -2.30. The number of hydrogen-bond acceptors (Lipinski definition) is 4. The second-order valence-corrected chi connectivity index (χ2v) is 10.5. The maximum atomic E-state index is 12.7. The van der Waals surface area contributed by atoms with Crippen molar-refractivity contribution in [1.29, 1.82) is 0 Å². The first-order chi connectivity index (χ1) is 11.4. The van der Waals surface area contributed by atoms with Crippen molar-refractivity contribution in [2.45, 2.75) is 44.3 Å². The van der Waals surface area contributed by atoms with Gasteiger partial charge in [0.25, 0.3) is 0 Å². The van der Waals surface area contributed by atoms with Gasteiger partial charge >= 0.3 is 0 Å². The fraction of sp³-hybridized carbons (Fsp3) is 0.611. The summed E-state index contributed by atoms with van der Waals surface area (Å²) in [7, 11) is -2.88. The van der Waals surface area contributed by atoms with Crippen molar-refractivity contribution in [2.24, 2.45) is 0 Å². The van der Waals surface area contributed by atoms with E-state index in [4.69, 9.17) is 0 Å². The number of carbonyl (C=O) groups is 1. The topological polar surface area (TPSA) is 54.5 Å². The zero-order chi connectivity index (χ0) is 17.3. The minimum absolute atomic E-state index is 0.0755. The number of aryl methyl sites for hydroxylation is 1. The third kappa shape index (κ3) is 3.97. The van der Waals surface area contributed by atoms with Gasteiger partial charge in [-0.2, -0.15) is 0 Å². The van der Waals surface area contributed by atoms with Crippen LogP contribution in [0.1, 0.15) is 43.7 Å². The lowest BCUT2D eigenvalue weighted by Crippen LogP contribution is -2.37. The fourth-order valence-corrected chi connectivity index (χ4v) is 6.91. The van der Waals surface area contributed by atoms with Gasteiger partial charge in [0, 0.05) is 17.5 Å². The number of sulfone groups is 1. The first-order valence-electron chi connectivity index (χ1n) is 8.61. The molecule has 1 aromatic carbocycles. The van der Waals surface area contributed by atoms with Crippen LogP contribution in [-0.4, -0.2) is 43.4 Å². The molecule has 6 heteroatoms. The Kier molecular flexibility index (Phi) is 5.25. The molecule has 1 amide bonds. The van der Waals surface area contributed by atoms with Gasteiger partial charge in [0.2, 0.25) is 5.91 Å². The minimum Gasteiger partial charge on any atom is -0.311 e. The normalized spacial score (nSPS) is 22.6. The number of anilines is 1. The Balaban J connectivity index is 1.66. The third-order valence-corrected chi connectivity index (χ3v) is 8.09. The molecule has 0 aliphatic carbocycles. The van der Waals surface area contributed by atoms with Crippen molar-refractivity contribution in [1.82, 2.24) is 0 Å². The molecule has 1 saturated heterocycles. The summed E-state index contributed by atoms with van der Waals surface area (Å²) in [6.07, 6.45) is 2.69. The molecule has 0 radical (unpaired) electrons. The number of amides is 1. The van der Waals surface area contributed by atoms with Gasteiger partial charge in [0.15, 0.2) is 9.84 Å². The van der Waals surface area contributed by atoms with Gasteiger partial charge < -0.3 is 4.90 Å². The highest BCUT2D eigenvalue weighted by molar-refractivity contribution is 8.02. The van der Waals surface area contributed by atoms with Crippen molar-refractivity contribution >= 4 is 33.2 Å². The largest absolute Gasteiger partial charge is 0.311 e. The molecule has 2 aliphatic heterocycles. The minimum atomic E-state index is -2.88. The predicted molar refractivity (Wildman–Crippen MR) is 101 cm³/mol. The summed E-state index contributed by atoms with van der Waals surface area (Å²) in [6.45, 7) is 5.12. The Morgan fingerprint density at radius 3 is 2.83 bits per heavy atom. The molecule has 2 aliphatic rings. The van der Waals surface area contributed by atoms with Crippen molar-refractivity contribution in [3.8, 4) is 0 Å². The molecule has 3 rings (SSSR count). The number of hydrogen-bond donors (Lipinski definition) is 0. The van der Waals surface area contributed by atoms with E-state index in [-0.39, 0.29) is 22.7 Å². The van der Waals surface area contributed by atoms with E-state index in [1.807, 2.05) is 4.90 Å². The predicted octanol–water partition coefficient (Wildman–Crippen LogP) is 3.01. The van der Waals surface area contributed by atoms with Crippen LogP contribution < -0.4 is 4.90 Å². The van der Waals surface area contributed by atoms with Gasteiger partial charge in [-0.05, 0) is 42.4 Å². The zero-order valence-corrected chi connectivity index (χ0v) is 16.0. The maximum Gasteiger partial charge on any atom is 0.236 e. The van der Waals surface area contributed by atoms with Crippen LogP contribution in [0.2, 0.25) is 0 Å². The molecule has 4 nitrogen and oxygen atoms in total. The highest BCUT2D eigenvalue weighted by Gasteiger charge is 2.30. The summed E-state index contributed by atoms with van der Waals surface area (Å²) >= 11 is 1.50. The smallest absolute Gasteiger partial charge is 0.236 e. The first-order valence-corrected chi connectivity index (χ1v) is 11.5. The van der Waals surface area contributed by atoms with Crippen LogP contribution in [0.15, 0.2) is 18.2 Å². The van der Waals surface area contributed by atoms with Crippen molar-refractivity contribution in [2.75, 3.05) is 28.7 Å². The van der Waals surface area contributed by atoms with E-state index in [0.717, 1.165) is 25.1 Å². The molecule has 0 spiro atoms. The SMILES string of the molecule is CC(C)c1ccc2c(c1)CCCN2C(=O)CS[C@H]1CCS(=O)(=O)C1. The molecule has 2 heterocycles. The summed E-state index contributed by atoms with van der Waals surface area (Å²) < 4.78 is 23.1. The Bertz CT molecular complexity index is 728. The van der Waals surface area contributed by atoms with Crippen molar-refractivity contribution < 1.29 is 13.2 Å². The summed E-state index contributed by atoms with van der Waals surface area (Å²) in [4.78, 5) is 14.5. The van der Waals surface area contributed by atoms with E-state index in [0.29, 0.717) is 18.1 Å². The lowest BCUT2D eigenvalue weighted by molar-refractivity contribution is -0.116. The number of fused-ring (bicyclic) bond motifs is 1. The van der Waals surface area contributed by atoms with Crippen LogP contribution in [-0.2, 0) is 21.1 Å². The summed E-state index contributed by atoms with van der Waals surface area (Å²) in [5.74, 6) is 1.44. The molecule has 0 aromatic heterocycles. The second-order valence-electron chi connectivity index (χ2n) is 7.03. The van der Waals surface area contributed by atoms with E-state index >= 15 is 0 Å². The molecule has 0 unspecified atom stereocenters. The van der Waals surface area contributed by atoms with E-state index in [1.54, 1.807) is 0 Å². The highest BCUT2D eigenvalue weighted by Crippen LogP contribution is 2.31. The van der Waals surface area contributed by atoms with E-state index < -0.39 is 9.84 Å². The molecule has 1 atom stereocenters. The molecule has 0 N–H and O–H groups in total. The molecule has 1 fully saturated rings. The number of carbonyl (C=O) groups excluding carboxylic acids is 1. The van der Waals surface area contributed by atoms with Gasteiger partial charge in [-0.15, -0.1) is 11.8 Å². The zero-order valence-electron chi connectivity index (χ0n) is 14.3. The van der Waals surface area contributed by atoms with Crippen LogP contribution in [0.4, 0.5) is 5.69 Å². The van der Waals surface area contributed by atoms with E-state index in [9.17, 15) is 13.2 Å². The molecule has 24 heavy (non-hydrogen) atoms. The Labute approximate surface area is 148 Å². The molecule has 132 valence electrons. The Morgan fingerprint density at radius 2 is 2.17 bits per heavy atom. The number of thioether (sulfide) groups is 1. The maximum absolute atomic E-state index is 12.7. The standard InChI is InChI=1S/C18H25NO3S2/c1-13(2)14-5-6-17-15(10-14)4-3-8-19(17)18(20)11-23-16-7-9-24(21,22)12-16/h5-6,10,13,16H,3-4,7-9,11-12H2,1-2H3/t16-/m0/s1. The van der Waals surface area contributed by atoms with Crippen LogP contribution in [0.5, 0.6) is 0 Å². The molecular weight excluding hydrogens is 342 g/mol. The van der Waals surface area contributed by atoms with E-state index in [1.165, 1.54) is 22.9 Å². The van der Waals surface area contributed by atoms with Gasteiger partial charge in [0.05, 0.1) is 17.3 Å². The van der Waals surface area contributed by atoms with Gasteiger partial charge in [0.1, 0.15) is 0 Å². The molecule has 1 aromatic rings. The Morgan fingerprint density at radius 1 is 1.38 bits per heavy atom. The third-order valence-electron chi connectivity index (χ3n) is 4.82. The first kappa shape index (κ1) is 17.8. The van der Waals surface area contributed by atoms with Crippen LogP contribution in [0, 0.1) is 0 Å². The van der Waals surface area contributed by atoms with Crippen LogP contribution >= 0.6 is 11.8 Å². The fourth-order valence-electron chi connectivity index (χ4n) is 3.39. The average Bonchev–Trinajstić information content (AvgIpc) is 2.90. The average molecular weight is 368 g/mol. The second kappa shape index (κ2) is 7.08. The molecular formula is C18H25NO3S2. The lowest BCUT2D eigenvalue weighted by atomic mass is 9.95. The van der Waals surface area contributed by atoms with Gasteiger partial charge in [-0.25, -0.2) is 8.42 Å². The number of nitrogens with zero attached hydrogens (tertiary/aromatic N) is 1. The van der Waals surface area contributed by atoms with Crippen molar-refractivity contribution in [3.05, 3.63) is 29.3 Å². The summed E-state index contributed by atoms with van der Waals surface area (Å²) in [5.41, 5.74) is 3.61. The number of benzene rings is 1. The quantitative estimate of drug-likeness (QED) is 0.821. The molecule has 0 bridgehead atoms. The monoisotopic (exact) mass is 367 g/mol. The summed E-state index contributed by atoms with van der Waals surface area (Å²) in [5, 5.41) is 0.0755. The number of rotatable bonds is 4. The van der Waals surface area contributed by atoms with Crippen LogP contribution in [0.3, 0.4) is 0 Å². The Hall–Kier alpha value is -1.01. The van der Waals surface area contributed by atoms with Gasteiger partial charge in [-0.3, -0.25) is 4.79 Å². The van der Waals surface area contributed by atoms with Crippen LogP contribution in [0.25, 0.3) is 0 Å². The molecule has 0 saturated carbocycles. The van der Waals surface area contributed by atoms with E-state index in [2.05, 4.69) is 32.0 Å². The van der Waals surface area contributed by atoms with Crippen molar-refractivity contribution in [3.63, 3.8) is 0 Å².